The van der Waals surface area contributed by atoms with Crippen molar-refractivity contribution in [1.29, 1.82) is 0 Å². The smallest absolute Gasteiger partial charge is 0.321 e. The maximum absolute atomic E-state index is 11.8. The Morgan fingerprint density at radius 2 is 2.21 bits per heavy atom. The molecule has 1 aromatic rings. The number of sulfonamides is 1. The average Bonchev–Trinajstić information content (AvgIpc) is 2.37. The number of hydrogen-bond acceptors (Lipinski definition) is 4. The number of aromatic nitrogens is 1. The summed E-state index contributed by atoms with van der Waals surface area (Å²) < 4.78 is 25.8. The summed E-state index contributed by atoms with van der Waals surface area (Å²) in [4.78, 5) is 14.9. The van der Waals surface area contributed by atoms with Crippen LogP contribution in [-0.2, 0) is 21.2 Å². The van der Waals surface area contributed by atoms with Gasteiger partial charge >= 0.3 is 5.97 Å². The minimum absolute atomic E-state index is 0.169. The number of carbonyl (C=O) groups is 1. The molecule has 7 heteroatoms. The molecule has 1 atom stereocenters. The van der Waals surface area contributed by atoms with Gasteiger partial charge in [-0.05, 0) is 18.6 Å². The van der Waals surface area contributed by atoms with E-state index in [0.717, 1.165) is 0 Å². The second kappa shape index (κ2) is 7.20. The zero-order chi connectivity index (χ0) is 14.3. The van der Waals surface area contributed by atoms with E-state index < -0.39 is 22.0 Å². The van der Waals surface area contributed by atoms with E-state index in [4.69, 9.17) is 5.11 Å². The van der Waals surface area contributed by atoms with Crippen molar-refractivity contribution in [2.75, 3.05) is 5.75 Å². The third-order valence-corrected chi connectivity index (χ3v) is 3.94. The topological polar surface area (TPSA) is 96.4 Å². The minimum Gasteiger partial charge on any atom is -0.480 e. The molecule has 0 aliphatic carbocycles. The normalized spacial score (nSPS) is 13.1. The number of hydrogen-bond donors (Lipinski definition) is 2. The Balaban J connectivity index is 2.58. The van der Waals surface area contributed by atoms with Gasteiger partial charge in [0, 0.05) is 18.3 Å². The number of carboxylic acid groups (broad SMARTS) is 1. The molecule has 19 heavy (non-hydrogen) atoms. The van der Waals surface area contributed by atoms with Crippen molar-refractivity contribution in [3.05, 3.63) is 30.1 Å². The summed E-state index contributed by atoms with van der Waals surface area (Å²) in [6, 6.07) is 4.20. The molecule has 0 saturated carbocycles. The van der Waals surface area contributed by atoms with Gasteiger partial charge in [0.25, 0.3) is 0 Å². The number of aryl methyl sites for hydroxylation is 1. The van der Waals surface area contributed by atoms with Crippen LogP contribution in [0.15, 0.2) is 24.4 Å². The highest BCUT2D eigenvalue weighted by molar-refractivity contribution is 7.89. The highest BCUT2D eigenvalue weighted by Gasteiger charge is 2.22. The Labute approximate surface area is 112 Å². The van der Waals surface area contributed by atoms with Crippen LogP contribution in [0.25, 0.3) is 0 Å². The van der Waals surface area contributed by atoms with E-state index in [0.29, 0.717) is 12.1 Å². The summed E-state index contributed by atoms with van der Waals surface area (Å²) in [7, 11) is -3.62. The van der Waals surface area contributed by atoms with Gasteiger partial charge in [0.15, 0.2) is 0 Å². The highest BCUT2D eigenvalue weighted by Crippen LogP contribution is 2.02. The molecule has 1 heterocycles. The largest absolute Gasteiger partial charge is 0.480 e. The second-order valence-corrected chi connectivity index (χ2v) is 6.06. The highest BCUT2D eigenvalue weighted by atomic mass is 32.2. The van der Waals surface area contributed by atoms with Crippen LogP contribution in [0.2, 0.25) is 0 Å². The van der Waals surface area contributed by atoms with E-state index >= 15 is 0 Å². The van der Waals surface area contributed by atoms with Gasteiger partial charge in [-0.15, -0.1) is 0 Å². The van der Waals surface area contributed by atoms with Crippen molar-refractivity contribution in [2.24, 2.45) is 0 Å². The number of carboxylic acids is 1. The first-order valence-corrected chi connectivity index (χ1v) is 7.72. The van der Waals surface area contributed by atoms with E-state index in [-0.39, 0.29) is 18.6 Å². The molecule has 0 aliphatic heterocycles. The third-order valence-electron chi connectivity index (χ3n) is 2.55. The molecule has 0 radical (unpaired) electrons. The van der Waals surface area contributed by atoms with Crippen LogP contribution >= 0.6 is 0 Å². The van der Waals surface area contributed by atoms with Crippen LogP contribution in [0.5, 0.6) is 0 Å². The monoisotopic (exact) mass is 286 g/mol. The zero-order valence-corrected chi connectivity index (χ0v) is 11.6. The van der Waals surface area contributed by atoms with Crippen molar-refractivity contribution in [1.82, 2.24) is 9.71 Å². The van der Waals surface area contributed by atoms with Crippen LogP contribution in [0.4, 0.5) is 0 Å². The number of aliphatic carboxylic acids is 1. The molecule has 1 aromatic heterocycles. The Morgan fingerprint density at radius 3 is 2.74 bits per heavy atom. The van der Waals surface area contributed by atoms with Gasteiger partial charge < -0.3 is 5.11 Å². The Hall–Kier alpha value is -1.47. The molecule has 0 saturated heterocycles. The van der Waals surface area contributed by atoms with Crippen LogP contribution in [0.1, 0.15) is 25.5 Å². The molecule has 0 amide bonds. The fourth-order valence-electron chi connectivity index (χ4n) is 1.58. The SMILES string of the molecule is CCC[C@H](NS(=O)(=O)CCc1ccccn1)C(=O)O. The van der Waals surface area contributed by atoms with Crippen LogP contribution in [-0.4, -0.2) is 36.3 Å². The third kappa shape index (κ3) is 5.80. The lowest BCUT2D eigenvalue weighted by Crippen LogP contribution is -2.42. The van der Waals surface area contributed by atoms with E-state index in [9.17, 15) is 13.2 Å². The summed E-state index contributed by atoms with van der Waals surface area (Å²) >= 11 is 0. The van der Waals surface area contributed by atoms with Crippen molar-refractivity contribution in [3.8, 4) is 0 Å². The first-order chi connectivity index (χ1) is 8.94. The lowest BCUT2D eigenvalue weighted by atomic mass is 10.2. The molecule has 0 unspecified atom stereocenters. The van der Waals surface area contributed by atoms with Crippen LogP contribution < -0.4 is 4.72 Å². The van der Waals surface area contributed by atoms with Crippen molar-refractivity contribution in [2.45, 2.75) is 32.2 Å². The molecule has 106 valence electrons. The van der Waals surface area contributed by atoms with E-state index in [2.05, 4.69) is 9.71 Å². The molecular formula is C12H18N2O4S. The van der Waals surface area contributed by atoms with Gasteiger partial charge in [-0.2, -0.15) is 0 Å². The molecule has 1 rings (SSSR count). The molecule has 0 aliphatic rings. The predicted molar refractivity (Wildman–Crippen MR) is 71.2 cm³/mol. The maximum atomic E-state index is 11.8. The van der Waals surface area contributed by atoms with E-state index in [1.54, 1.807) is 31.3 Å². The second-order valence-electron chi connectivity index (χ2n) is 4.19. The molecular weight excluding hydrogens is 268 g/mol. The van der Waals surface area contributed by atoms with Gasteiger partial charge in [0.05, 0.1) is 5.75 Å². The summed E-state index contributed by atoms with van der Waals surface area (Å²) in [6.45, 7) is 1.80. The van der Waals surface area contributed by atoms with Crippen LogP contribution in [0.3, 0.4) is 0 Å². The predicted octanol–water partition coefficient (Wildman–Crippen LogP) is 0.797. The van der Waals surface area contributed by atoms with Gasteiger partial charge in [0.1, 0.15) is 6.04 Å². The zero-order valence-electron chi connectivity index (χ0n) is 10.7. The fraction of sp³-hybridized carbons (Fsp3) is 0.500. The molecule has 0 spiro atoms. The molecule has 0 aromatic carbocycles. The first kappa shape index (κ1) is 15.6. The van der Waals surface area contributed by atoms with Crippen LogP contribution in [0, 0.1) is 0 Å². The van der Waals surface area contributed by atoms with E-state index in [1.165, 1.54) is 0 Å². The van der Waals surface area contributed by atoms with Crippen molar-refractivity contribution in [3.63, 3.8) is 0 Å². The van der Waals surface area contributed by atoms with Gasteiger partial charge in [0.2, 0.25) is 10.0 Å². The molecule has 0 bridgehead atoms. The quantitative estimate of drug-likeness (QED) is 0.736. The lowest BCUT2D eigenvalue weighted by Gasteiger charge is -2.13. The Bertz CT molecular complexity index is 502. The average molecular weight is 286 g/mol. The fourth-order valence-corrected chi connectivity index (χ4v) is 2.83. The number of nitrogens with one attached hydrogen (secondary N) is 1. The maximum Gasteiger partial charge on any atom is 0.321 e. The number of nitrogens with zero attached hydrogens (tertiary/aromatic N) is 1. The summed E-state index contributed by atoms with van der Waals surface area (Å²) in [5, 5.41) is 8.91. The van der Waals surface area contributed by atoms with Crippen molar-refractivity contribution >= 4 is 16.0 Å². The first-order valence-electron chi connectivity index (χ1n) is 6.07. The standard InChI is InChI=1S/C12H18N2O4S/c1-2-5-11(12(15)16)14-19(17,18)9-7-10-6-3-4-8-13-10/h3-4,6,8,11,14H,2,5,7,9H2,1H3,(H,15,16)/t11-/m0/s1. The van der Waals surface area contributed by atoms with E-state index in [1.807, 2.05) is 0 Å². The number of rotatable bonds is 8. The summed E-state index contributed by atoms with van der Waals surface area (Å²) in [5.41, 5.74) is 0.662. The molecule has 0 fully saturated rings. The number of pyridine rings is 1. The Kier molecular flexibility index (Phi) is 5.91. The van der Waals surface area contributed by atoms with Crippen molar-refractivity contribution < 1.29 is 18.3 Å². The van der Waals surface area contributed by atoms with Gasteiger partial charge in [-0.1, -0.05) is 19.4 Å². The summed E-state index contributed by atoms with van der Waals surface area (Å²) in [6.07, 6.45) is 2.72. The van der Waals surface area contributed by atoms with Gasteiger partial charge in [-0.25, -0.2) is 13.1 Å². The lowest BCUT2D eigenvalue weighted by molar-refractivity contribution is -0.139. The summed E-state index contributed by atoms with van der Waals surface area (Å²) in [5.74, 6) is -1.32. The molecule has 2 N–H and O–H groups in total. The Morgan fingerprint density at radius 1 is 1.47 bits per heavy atom. The molecule has 6 nitrogen and oxygen atoms in total. The van der Waals surface area contributed by atoms with Gasteiger partial charge in [-0.3, -0.25) is 9.78 Å². The minimum atomic E-state index is -3.62.